The number of pyridine rings is 1. The zero-order chi connectivity index (χ0) is 13.8. The topological polar surface area (TPSA) is 42.4 Å². The second-order valence-electron chi connectivity index (χ2n) is 5.47. The van der Waals surface area contributed by atoms with E-state index in [1.54, 1.807) is 7.11 Å². The Kier molecular flexibility index (Phi) is 4.53. The van der Waals surface area contributed by atoms with Crippen molar-refractivity contribution in [3.05, 3.63) is 30.1 Å². The largest absolute Gasteiger partial charge is 0.384 e. The average molecular weight is 262 g/mol. The third-order valence-electron chi connectivity index (χ3n) is 3.70. The molecule has 2 rings (SSSR count). The molecular weight excluding hydrogens is 240 g/mol. The summed E-state index contributed by atoms with van der Waals surface area (Å²) in [6, 6.07) is 5.95. The molecule has 4 heteroatoms. The highest BCUT2D eigenvalue weighted by atomic mass is 16.5. The van der Waals surface area contributed by atoms with Crippen molar-refractivity contribution >= 4 is 5.91 Å². The lowest BCUT2D eigenvalue weighted by Gasteiger charge is -2.18. The number of aromatic nitrogens is 1. The number of carbonyl (C=O) groups is 1. The van der Waals surface area contributed by atoms with Gasteiger partial charge >= 0.3 is 0 Å². The number of methoxy groups -OCH3 is 1. The summed E-state index contributed by atoms with van der Waals surface area (Å²) < 4.78 is 5.30. The minimum absolute atomic E-state index is 0.0469. The number of hydrogen-bond donors (Lipinski definition) is 0. The molecule has 0 aliphatic carbocycles. The molecule has 1 aliphatic rings. The van der Waals surface area contributed by atoms with Crippen LogP contribution in [-0.4, -0.2) is 42.6 Å². The first-order valence-electron chi connectivity index (χ1n) is 6.82. The lowest BCUT2D eigenvalue weighted by atomic mass is 9.93. The van der Waals surface area contributed by atoms with Gasteiger partial charge in [0.25, 0.3) is 0 Å². The molecule has 0 unspecified atom stereocenters. The van der Waals surface area contributed by atoms with Gasteiger partial charge in [-0.05, 0) is 12.1 Å². The third kappa shape index (κ3) is 3.13. The van der Waals surface area contributed by atoms with Crippen molar-refractivity contribution in [2.24, 2.45) is 11.8 Å². The minimum atomic E-state index is 0.0469. The van der Waals surface area contributed by atoms with Gasteiger partial charge in [-0.2, -0.15) is 0 Å². The zero-order valence-electron chi connectivity index (χ0n) is 11.9. The van der Waals surface area contributed by atoms with Crippen molar-refractivity contribution in [1.82, 2.24) is 9.88 Å². The molecule has 1 fully saturated rings. The lowest BCUT2D eigenvalue weighted by molar-refractivity contribution is -0.133. The molecule has 0 bridgehead atoms. The van der Waals surface area contributed by atoms with Crippen LogP contribution in [0.25, 0.3) is 0 Å². The molecule has 1 aromatic rings. The molecule has 0 spiro atoms. The van der Waals surface area contributed by atoms with Gasteiger partial charge in [-0.15, -0.1) is 0 Å². The van der Waals surface area contributed by atoms with Crippen LogP contribution >= 0.6 is 0 Å². The van der Waals surface area contributed by atoms with Gasteiger partial charge in [-0.3, -0.25) is 9.78 Å². The molecule has 0 aromatic carbocycles. The molecule has 1 aliphatic heterocycles. The van der Waals surface area contributed by atoms with Crippen LogP contribution in [0.15, 0.2) is 24.4 Å². The van der Waals surface area contributed by atoms with Crippen LogP contribution in [0, 0.1) is 11.8 Å². The number of hydrogen-bond acceptors (Lipinski definition) is 3. The maximum Gasteiger partial charge on any atom is 0.225 e. The van der Waals surface area contributed by atoms with Gasteiger partial charge in [0.05, 0.1) is 6.61 Å². The first-order chi connectivity index (χ1) is 9.13. The first-order valence-corrected chi connectivity index (χ1v) is 6.82. The molecule has 1 amide bonds. The predicted octanol–water partition coefficient (Wildman–Crippen LogP) is 1.93. The maximum absolute atomic E-state index is 12.1. The number of rotatable bonds is 4. The van der Waals surface area contributed by atoms with Crippen LogP contribution in [0.2, 0.25) is 0 Å². The second kappa shape index (κ2) is 6.15. The number of carbonyl (C=O) groups excluding carboxylic acids is 1. The zero-order valence-corrected chi connectivity index (χ0v) is 11.9. The van der Waals surface area contributed by atoms with E-state index in [0.717, 1.165) is 18.8 Å². The highest BCUT2D eigenvalue weighted by Crippen LogP contribution is 2.32. The minimum Gasteiger partial charge on any atom is -0.384 e. The molecule has 0 N–H and O–H groups in total. The van der Waals surface area contributed by atoms with Gasteiger partial charge in [-0.1, -0.05) is 19.9 Å². The molecule has 2 heterocycles. The SMILES string of the molecule is COC[C@@H]1CN(C(=O)C(C)C)C[C@H]1c1ccccn1. The third-order valence-corrected chi connectivity index (χ3v) is 3.70. The van der Waals surface area contributed by atoms with Crippen molar-refractivity contribution in [2.75, 3.05) is 26.8 Å². The van der Waals surface area contributed by atoms with Gasteiger partial charge in [0, 0.05) is 49.8 Å². The van der Waals surface area contributed by atoms with Gasteiger partial charge in [0.2, 0.25) is 5.91 Å². The maximum atomic E-state index is 12.1. The van der Waals surface area contributed by atoms with Crippen LogP contribution in [0.3, 0.4) is 0 Å². The van der Waals surface area contributed by atoms with E-state index < -0.39 is 0 Å². The molecule has 1 aromatic heterocycles. The van der Waals surface area contributed by atoms with Gasteiger partial charge in [-0.25, -0.2) is 0 Å². The second-order valence-corrected chi connectivity index (χ2v) is 5.47. The van der Waals surface area contributed by atoms with Crippen LogP contribution < -0.4 is 0 Å². The summed E-state index contributed by atoms with van der Waals surface area (Å²) in [6.07, 6.45) is 1.81. The lowest BCUT2D eigenvalue weighted by Crippen LogP contribution is -2.32. The summed E-state index contributed by atoms with van der Waals surface area (Å²) in [6.45, 7) is 6.08. The van der Waals surface area contributed by atoms with Crippen molar-refractivity contribution in [3.63, 3.8) is 0 Å². The normalized spacial score (nSPS) is 23.1. The Morgan fingerprint density at radius 3 is 2.84 bits per heavy atom. The summed E-state index contributed by atoms with van der Waals surface area (Å²) in [5.74, 6) is 0.886. The van der Waals surface area contributed by atoms with E-state index in [-0.39, 0.29) is 17.7 Å². The van der Waals surface area contributed by atoms with E-state index in [4.69, 9.17) is 4.74 Å². The summed E-state index contributed by atoms with van der Waals surface area (Å²) in [4.78, 5) is 18.5. The van der Waals surface area contributed by atoms with Crippen molar-refractivity contribution < 1.29 is 9.53 Å². The van der Waals surface area contributed by atoms with Crippen molar-refractivity contribution in [2.45, 2.75) is 19.8 Å². The number of likely N-dealkylation sites (tertiary alicyclic amines) is 1. The van der Waals surface area contributed by atoms with Crippen LogP contribution in [0.5, 0.6) is 0 Å². The average Bonchev–Trinajstić information content (AvgIpc) is 2.83. The fourth-order valence-corrected chi connectivity index (χ4v) is 2.73. The Hall–Kier alpha value is -1.42. The fraction of sp³-hybridized carbons (Fsp3) is 0.600. The first kappa shape index (κ1) is 14.0. The number of nitrogens with zero attached hydrogens (tertiary/aromatic N) is 2. The Morgan fingerprint density at radius 2 is 2.26 bits per heavy atom. The van der Waals surface area contributed by atoms with Gasteiger partial charge < -0.3 is 9.64 Å². The highest BCUT2D eigenvalue weighted by molar-refractivity contribution is 5.78. The van der Waals surface area contributed by atoms with E-state index in [1.165, 1.54) is 0 Å². The van der Waals surface area contributed by atoms with Crippen LogP contribution in [0.4, 0.5) is 0 Å². The molecule has 1 saturated heterocycles. The predicted molar refractivity (Wildman–Crippen MR) is 73.8 cm³/mol. The van der Waals surface area contributed by atoms with E-state index in [0.29, 0.717) is 12.5 Å². The monoisotopic (exact) mass is 262 g/mol. The standard InChI is InChI=1S/C15H22N2O2/c1-11(2)15(18)17-8-12(10-19-3)13(9-17)14-6-4-5-7-16-14/h4-7,11-13H,8-10H2,1-3H3/t12-,13+/m0/s1. The number of ether oxygens (including phenoxy) is 1. The van der Waals surface area contributed by atoms with Gasteiger partial charge in [0.15, 0.2) is 0 Å². The van der Waals surface area contributed by atoms with E-state index >= 15 is 0 Å². The van der Waals surface area contributed by atoms with Gasteiger partial charge in [0.1, 0.15) is 0 Å². The molecular formula is C15H22N2O2. The molecule has 0 radical (unpaired) electrons. The quantitative estimate of drug-likeness (QED) is 0.832. The summed E-state index contributed by atoms with van der Waals surface area (Å²) >= 11 is 0. The summed E-state index contributed by atoms with van der Waals surface area (Å²) in [5.41, 5.74) is 1.06. The molecule has 0 saturated carbocycles. The molecule has 19 heavy (non-hydrogen) atoms. The smallest absolute Gasteiger partial charge is 0.225 e. The molecule has 2 atom stereocenters. The Morgan fingerprint density at radius 1 is 1.47 bits per heavy atom. The summed E-state index contributed by atoms with van der Waals surface area (Å²) in [5, 5.41) is 0. The van der Waals surface area contributed by atoms with Crippen molar-refractivity contribution in [3.8, 4) is 0 Å². The van der Waals surface area contributed by atoms with Crippen molar-refractivity contribution in [1.29, 1.82) is 0 Å². The fourth-order valence-electron chi connectivity index (χ4n) is 2.73. The summed E-state index contributed by atoms with van der Waals surface area (Å²) in [7, 11) is 1.71. The molecule has 104 valence electrons. The Balaban J connectivity index is 2.15. The Bertz CT molecular complexity index is 419. The highest BCUT2D eigenvalue weighted by Gasteiger charge is 2.37. The van der Waals surface area contributed by atoms with Crippen LogP contribution in [0.1, 0.15) is 25.5 Å². The number of amides is 1. The van der Waals surface area contributed by atoms with E-state index in [1.807, 2.05) is 43.1 Å². The van der Waals surface area contributed by atoms with Crippen LogP contribution in [-0.2, 0) is 9.53 Å². The van der Waals surface area contributed by atoms with E-state index in [2.05, 4.69) is 4.98 Å². The van der Waals surface area contributed by atoms with E-state index in [9.17, 15) is 4.79 Å². The Labute approximate surface area is 114 Å². The molecule has 4 nitrogen and oxygen atoms in total.